The lowest BCUT2D eigenvalue weighted by Gasteiger charge is -2.14. The molecule has 20 heavy (non-hydrogen) atoms. The van der Waals surface area contributed by atoms with E-state index in [2.05, 4.69) is 6.07 Å². The topological polar surface area (TPSA) is 38.7 Å². The zero-order chi connectivity index (χ0) is 14.4. The van der Waals surface area contributed by atoms with Crippen molar-refractivity contribution in [2.75, 3.05) is 13.9 Å². The van der Waals surface area contributed by atoms with Crippen LogP contribution >= 0.6 is 8.58 Å². The quantitative estimate of drug-likeness (QED) is 0.654. The number of para-hydroxylation sites is 1. The Morgan fingerprint density at radius 3 is 2.55 bits per heavy atom. The van der Waals surface area contributed by atoms with E-state index in [0.29, 0.717) is 8.58 Å². The SMILES string of the molecule is COCOc1c(C)cccc1Pc1ccccc1CO. The molecule has 0 saturated carbocycles. The second-order valence-corrected chi connectivity index (χ2v) is 5.77. The van der Waals surface area contributed by atoms with E-state index < -0.39 is 0 Å². The molecule has 0 amide bonds. The Bertz CT molecular complexity index is 569. The Kier molecular flexibility index (Phi) is 5.54. The molecule has 0 aromatic heterocycles. The standard InChI is InChI=1S/C16H19O3P/c1-12-6-5-9-15(16(12)19-11-18-2)20-14-8-4-3-7-13(14)10-17/h3-9,17,20H,10-11H2,1-2H3. The number of methoxy groups -OCH3 is 1. The lowest BCUT2D eigenvalue weighted by molar-refractivity contribution is 0.0514. The van der Waals surface area contributed by atoms with Crippen molar-refractivity contribution >= 4 is 19.2 Å². The highest BCUT2D eigenvalue weighted by Gasteiger charge is 2.09. The van der Waals surface area contributed by atoms with E-state index in [1.807, 2.05) is 43.3 Å². The number of aliphatic hydroxyl groups is 1. The molecule has 2 aromatic rings. The van der Waals surface area contributed by atoms with Gasteiger partial charge in [0.25, 0.3) is 0 Å². The molecule has 0 aliphatic rings. The van der Waals surface area contributed by atoms with E-state index in [-0.39, 0.29) is 13.4 Å². The number of aryl methyl sites for hydroxylation is 1. The van der Waals surface area contributed by atoms with Crippen molar-refractivity contribution in [3.05, 3.63) is 53.6 Å². The molecular formula is C16H19O3P. The summed E-state index contributed by atoms with van der Waals surface area (Å²) < 4.78 is 10.7. The van der Waals surface area contributed by atoms with Gasteiger partial charge in [0.15, 0.2) is 6.79 Å². The average Bonchev–Trinajstić information content (AvgIpc) is 2.47. The largest absolute Gasteiger partial charge is 0.467 e. The number of hydrogen-bond acceptors (Lipinski definition) is 3. The van der Waals surface area contributed by atoms with Crippen LogP contribution in [0.2, 0.25) is 0 Å². The number of aliphatic hydroxyl groups excluding tert-OH is 1. The normalized spacial score (nSPS) is 11.2. The van der Waals surface area contributed by atoms with E-state index in [0.717, 1.165) is 27.5 Å². The maximum Gasteiger partial charge on any atom is 0.188 e. The first-order valence-electron chi connectivity index (χ1n) is 6.43. The molecule has 0 spiro atoms. The summed E-state index contributed by atoms with van der Waals surface area (Å²) in [6, 6.07) is 14.0. The second kappa shape index (κ2) is 7.39. The van der Waals surface area contributed by atoms with Crippen LogP contribution in [0.25, 0.3) is 0 Å². The lowest BCUT2D eigenvalue weighted by Crippen LogP contribution is -2.13. The summed E-state index contributed by atoms with van der Waals surface area (Å²) in [6.45, 7) is 2.32. The molecule has 0 aliphatic heterocycles. The molecule has 0 bridgehead atoms. The zero-order valence-electron chi connectivity index (χ0n) is 11.7. The van der Waals surface area contributed by atoms with Crippen LogP contribution in [0.15, 0.2) is 42.5 Å². The number of hydrogen-bond donors (Lipinski definition) is 1. The van der Waals surface area contributed by atoms with Crippen LogP contribution in [-0.2, 0) is 11.3 Å². The smallest absolute Gasteiger partial charge is 0.188 e. The Morgan fingerprint density at radius 2 is 1.80 bits per heavy atom. The summed E-state index contributed by atoms with van der Waals surface area (Å²) in [5, 5.41) is 11.7. The van der Waals surface area contributed by atoms with E-state index in [9.17, 15) is 5.11 Å². The summed E-state index contributed by atoms with van der Waals surface area (Å²) in [7, 11) is 2.06. The van der Waals surface area contributed by atoms with Crippen LogP contribution in [0.4, 0.5) is 0 Å². The van der Waals surface area contributed by atoms with Crippen molar-refractivity contribution in [1.29, 1.82) is 0 Å². The molecule has 1 unspecified atom stereocenters. The summed E-state index contributed by atoms with van der Waals surface area (Å²) in [4.78, 5) is 0. The first kappa shape index (κ1) is 15.0. The third kappa shape index (κ3) is 3.57. The number of benzene rings is 2. The first-order chi connectivity index (χ1) is 9.76. The van der Waals surface area contributed by atoms with Crippen LogP contribution < -0.4 is 15.3 Å². The molecule has 4 heteroatoms. The summed E-state index contributed by atoms with van der Waals surface area (Å²) in [5.74, 6) is 0.875. The summed E-state index contributed by atoms with van der Waals surface area (Å²) in [5.41, 5.74) is 2.05. The number of rotatable bonds is 6. The highest BCUT2D eigenvalue weighted by Crippen LogP contribution is 2.24. The van der Waals surface area contributed by atoms with Gasteiger partial charge in [-0.1, -0.05) is 51.0 Å². The van der Waals surface area contributed by atoms with E-state index >= 15 is 0 Å². The highest BCUT2D eigenvalue weighted by molar-refractivity contribution is 7.55. The van der Waals surface area contributed by atoms with E-state index in [4.69, 9.17) is 9.47 Å². The molecule has 0 aliphatic carbocycles. The fourth-order valence-electron chi connectivity index (χ4n) is 1.99. The summed E-state index contributed by atoms with van der Waals surface area (Å²) >= 11 is 0. The molecule has 2 aromatic carbocycles. The first-order valence-corrected chi connectivity index (χ1v) is 7.43. The van der Waals surface area contributed by atoms with Gasteiger partial charge in [0.1, 0.15) is 5.75 Å². The highest BCUT2D eigenvalue weighted by atomic mass is 31.1. The van der Waals surface area contributed by atoms with Crippen LogP contribution in [-0.4, -0.2) is 19.0 Å². The van der Waals surface area contributed by atoms with Crippen molar-refractivity contribution in [3.8, 4) is 5.75 Å². The molecule has 0 fully saturated rings. The third-order valence-corrected chi connectivity index (χ3v) is 4.41. The van der Waals surface area contributed by atoms with E-state index in [1.54, 1.807) is 7.11 Å². The average molecular weight is 290 g/mol. The summed E-state index contributed by atoms with van der Waals surface area (Å²) in [6.07, 6.45) is 0. The fraction of sp³-hybridized carbons (Fsp3) is 0.250. The van der Waals surface area contributed by atoms with Gasteiger partial charge in [0, 0.05) is 12.4 Å². The second-order valence-electron chi connectivity index (χ2n) is 4.44. The maximum atomic E-state index is 9.41. The van der Waals surface area contributed by atoms with Crippen LogP contribution in [0.1, 0.15) is 11.1 Å². The van der Waals surface area contributed by atoms with Gasteiger partial charge < -0.3 is 14.6 Å². The molecule has 106 valence electrons. The van der Waals surface area contributed by atoms with Gasteiger partial charge in [-0.15, -0.1) is 0 Å². The lowest BCUT2D eigenvalue weighted by atomic mass is 10.2. The van der Waals surface area contributed by atoms with Crippen molar-refractivity contribution < 1.29 is 14.6 Å². The minimum absolute atomic E-state index is 0.0588. The fourth-order valence-corrected chi connectivity index (χ4v) is 3.34. The Labute approximate surface area is 121 Å². The Balaban J connectivity index is 2.30. The van der Waals surface area contributed by atoms with Crippen molar-refractivity contribution in [2.45, 2.75) is 13.5 Å². The molecule has 0 radical (unpaired) electrons. The predicted octanol–water partition coefficient (Wildman–Crippen LogP) is 2.10. The van der Waals surface area contributed by atoms with E-state index in [1.165, 1.54) is 0 Å². The van der Waals surface area contributed by atoms with Gasteiger partial charge in [-0.25, -0.2) is 0 Å². The molecule has 0 saturated heterocycles. The van der Waals surface area contributed by atoms with Gasteiger partial charge in [-0.3, -0.25) is 0 Å². The van der Waals surface area contributed by atoms with Gasteiger partial charge >= 0.3 is 0 Å². The Hall–Kier alpha value is -1.41. The molecule has 1 N–H and O–H groups in total. The third-order valence-electron chi connectivity index (χ3n) is 2.99. The molecule has 3 nitrogen and oxygen atoms in total. The Morgan fingerprint density at radius 1 is 1.05 bits per heavy atom. The van der Waals surface area contributed by atoms with Gasteiger partial charge in [-0.2, -0.15) is 0 Å². The minimum atomic E-state index is 0.0588. The molecular weight excluding hydrogens is 271 g/mol. The van der Waals surface area contributed by atoms with Crippen LogP contribution in [0.5, 0.6) is 5.75 Å². The van der Waals surface area contributed by atoms with Crippen molar-refractivity contribution in [2.24, 2.45) is 0 Å². The van der Waals surface area contributed by atoms with Crippen molar-refractivity contribution in [1.82, 2.24) is 0 Å². The van der Waals surface area contributed by atoms with Gasteiger partial charge in [0.2, 0.25) is 0 Å². The molecule has 0 heterocycles. The van der Waals surface area contributed by atoms with Gasteiger partial charge in [0.05, 0.1) is 6.61 Å². The number of ether oxygens (including phenoxy) is 2. The van der Waals surface area contributed by atoms with Gasteiger partial charge in [-0.05, 0) is 23.4 Å². The van der Waals surface area contributed by atoms with Crippen molar-refractivity contribution in [3.63, 3.8) is 0 Å². The maximum absolute atomic E-state index is 9.41. The van der Waals surface area contributed by atoms with Crippen LogP contribution in [0, 0.1) is 6.92 Å². The predicted molar refractivity (Wildman–Crippen MR) is 83.6 cm³/mol. The molecule has 1 atom stereocenters. The monoisotopic (exact) mass is 290 g/mol. The molecule has 2 rings (SSSR count). The minimum Gasteiger partial charge on any atom is -0.467 e. The van der Waals surface area contributed by atoms with Crippen LogP contribution in [0.3, 0.4) is 0 Å². The zero-order valence-corrected chi connectivity index (χ0v) is 12.7.